The van der Waals surface area contributed by atoms with Crippen molar-refractivity contribution in [3.05, 3.63) is 35.4 Å². The van der Waals surface area contributed by atoms with Crippen molar-refractivity contribution in [2.45, 2.75) is 50.3 Å². The number of likely N-dealkylation sites (N-methyl/N-ethyl adjacent to an activating group) is 1. The van der Waals surface area contributed by atoms with Crippen LogP contribution in [0.15, 0.2) is 18.2 Å². The van der Waals surface area contributed by atoms with Crippen molar-refractivity contribution >= 4 is 23.7 Å². The molecule has 3 amide bonds. The van der Waals surface area contributed by atoms with E-state index in [4.69, 9.17) is 0 Å². The lowest BCUT2D eigenvalue weighted by Gasteiger charge is -2.29. The number of carbonyl (C=O) groups excluding carboxylic acids is 2. The van der Waals surface area contributed by atoms with E-state index in [-0.39, 0.29) is 34.8 Å². The van der Waals surface area contributed by atoms with Crippen LogP contribution in [0.3, 0.4) is 0 Å². The predicted molar refractivity (Wildman–Crippen MR) is 103 cm³/mol. The van der Waals surface area contributed by atoms with Crippen LogP contribution in [0.5, 0.6) is 0 Å². The first-order chi connectivity index (χ1) is 12.5. The molecule has 150 valence electrons. The monoisotopic (exact) mass is 399 g/mol. The largest absolute Gasteiger partial charge is 0.333 e. The summed E-state index contributed by atoms with van der Waals surface area (Å²) in [7, 11) is 1.65. The summed E-state index contributed by atoms with van der Waals surface area (Å²) in [6.07, 6.45) is 0.625. The van der Waals surface area contributed by atoms with Gasteiger partial charge in [-0.1, -0.05) is 13.0 Å². The van der Waals surface area contributed by atoms with Crippen LogP contribution in [0.2, 0.25) is 0 Å². The van der Waals surface area contributed by atoms with E-state index >= 15 is 0 Å². The van der Waals surface area contributed by atoms with E-state index in [1.54, 1.807) is 11.9 Å². The summed E-state index contributed by atoms with van der Waals surface area (Å²) in [5.74, 6) is -1.40. The minimum Gasteiger partial charge on any atom is -0.333 e. The van der Waals surface area contributed by atoms with Gasteiger partial charge in [0.1, 0.15) is 17.0 Å². The maximum atomic E-state index is 14.3. The zero-order chi connectivity index (χ0) is 20.4. The number of benzene rings is 1. The summed E-state index contributed by atoms with van der Waals surface area (Å²) in [4.78, 5) is 28.0. The van der Waals surface area contributed by atoms with Crippen LogP contribution in [-0.2, 0) is 4.79 Å². The Morgan fingerprint density at radius 2 is 2.00 bits per heavy atom. The van der Waals surface area contributed by atoms with Crippen molar-refractivity contribution in [1.82, 2.24) is 15.1 Å². The summed E-state index contributed by atoms with van der Waals surface area (Å²) in [6, 6.07) is 3.18. The molecule has 27 heavy (non-hydrogen) atoms. The predicted octanol–water partition coefficient (Wildman–Crippen LogP) is 3.76. The Morgan fingerprint density at radius 1 is 1.33 bits per heavy atom. The number of hydrogen-bond donors (Lipinski definition) is 1. The Balaban J connectivity index is 2.13. The Morgan fingerprint density at radius 3 is 2.56 bits per heavy atom. The molecule has 1 aliphatic heterocycles. The number of nitrogens with one attached hydrogen (secondary N) is 1. The molecule has 1 aromatic carbocycles. The molecule has 8 heteroatoms. The van der Waals surface area contributed by atoms with Crippen molar-refractivity contribution < 1.29 is 18.4 Å². The number of urea groups is 1. The van der Waals surface area contributed by atoms with E-state index in [0.29, 0.717) is 13.0 Å². The highest BCUT2D eigenvalue weighted by molar-refractivity contribution is 8.01. The summed E-state index contributed by atoms with van der Waals surface area (Å²) < 4.78 is 27.5. The number of rotatable bonds is 5. The van der Waals surface area contributed by atoms with Crippen molar-refractivity contribution in [2.75, 3.05) is 20.1 Å². The quantitative estimate of drug-likeness (QED) is 0.820. The van der Waals surface area contributed by atoms with Gasteiger partial charge in [-0.25, -0.2) is 13.6 Å². The van der Waals surface area contributed by atoms with Crippen molar-refractivity contribution in [3.8, 4) is 0 Å². The number of nitrogens with zero attached hydrogens (tertiary/aromatic N) is 2. The highest BCUT2D eigenvalue weighted by Crippen LogP contribution is 2.44. The zero-order valence-corrected chi connectivity index (χ0v) is 17.2. The Labute approximate surface area is 163 Å². The first-order valence-corrected chi connectivity index (χ1v) is 9.92. The summed E-state index contributed by atoms with van der Waals surface area (Å²) in [6.45, 7) is 8.15. The van der Waals surface area contributed by atoms with Gasteiger partial charge in [0.25, 0.3) is 0 Å². The molecule has 0 bridgehead atoms. The zero-order valence-electron chi connectivity index (χ0n) is 16.4. The minimum atomic E-state index is -0.666. The average Bonchev–Trinajstić information content (AvgIpc) is 2.86. The molecule has 1 heterocycles. The van der Waals surface area contributed by atoms with Crippen molar-refractivity contribution in [2.24, 2.45) is 0 Å². The molecule has 0 saturated carbocycles. The second-order valence-corrected chi connectivity index (χ2v) is 8.97. The second-order valence-electron chi connectivity index (χ2n) is 7.68. The third-order valence-corrected chi connectivity index (χ3v) is 5.87. The van der Waals surface area contributed by atoms with Gasteiger partial charge >= 0.3 is 6.03 Å². The van der Waals surface area contributed by atoms with Crippen LogP contribution >= 0.6 is 11.8 Å². The molecule has 1 aromatic rings. The Bertz CT molecular complexity index is 709. The smallest absolute Gasteiger partial charge is 0.317 e. The van der Waals surface area contributed by atoms with Crippen molar-refractivity contribution in [3.63, 3.8) is 0 Å². The van der Waals surface area contributed by atoms with Crippen LogP contribution < -0.4 is 5.32 Å². The molecule has 0 radical (unpaired) electrons. The molecule has 1 fully saturated rings. The average molecular weight is 400 g/mol. The molecule has 1 N–H and O–H groups in total. The van der Waals surface area contributed by atoms with Crippen LogP contribution in [0.4, 0.5) is 13.6 Å². The third kappa shape index (κ3) is 5.34. The number of hydrogen-bond acceptors (Lipinski definition) is 3. The standard InChI is InChI=1S/C19H27F2N3O2S/c1-6-15-16(25)24(10-9-23(5)18(26)22-19(2,3)4)17(27-15)13-8-7-12(20)11-14(13)21/h7-8,11,15,17H,6,9-10H2,1-5H3,(H,22,26). The lowest BCUT2D eigenvalue weighted by atomic mass is 10.1. The summed E-state index contributed by atoms with van der Waals surface area (Å²) >= 11 is 1.36. The fourth-order valence-electron chi connectivity index (χ4n) is 2.80. The van der Waals surface area contributed by atoms with Gasteiger partial charge in [0.15, 0.2) is 0 Å². The first-order valence-electron chi connectivity index (χ1n) is 8.97. The van der Waals surface area contributed by atoms with E-state index in [9.17, 15) is 18.4 Å². The fraction of sp³-hybridized carbons (Fsp3) is 0.579. The lowest BCUT2D eigenvalue weighted by Crippen LogP contribution is -2.49. The fourth-order valence-corrected chi connectivity index (χ4v) is 4.25. The van der Waals surface area contributed by atoms with Crippen LogP contribution in [-0.4, -0.2) is 52.7 Å². The van der Waals surface area contributed by atoms with Crippen LogP contribution in [0.25, 0.3) is 0 Å². The Kier molecular flexibility index (Phi) is 6.72. The minimum absolute atomic E-state index is 0.0825. The van der Waals surface area contributed by atoms with Gasteiger partial charge in [-0.15, -0.1) is 11.8 Å². The highest BCUT2D eigenvalue weighted by Gasteiger charge is 2.41. The topological polar surface area (TPSA) is 52.6 Å². The number of amides is 3. The first kappa shape index (κ1) is 21.5. The van der Waals surface area contributed by atoms with Gasteiger partial charge in [0.2, 0.25) is 5.91 Å². The number of carbonyl (C=O) groups is 2. The highest BCUT2D eigenvalue weighted by atomic mass is 32.2. The maximum Gasteiger partial charge on any atom is 0.317 e. The lowest BCUT2D eigenvalue weighted by molar-refractivity contribution is -0.130. The van der Waals surface area contributed by atoms with Crippen LogP contribution in [0, 0.1) is 11.6 Å². The molecule has 1 aliphatic rings. The van der Waals surface area contributed by atoms with E-state index in [1.165, 1.54) is 28.8 Å². The van der Waals surface area contributed by atoms with Gasteiger partial charge in [0.05, 0.1) is 5.25 Å². The normalized spacial score (nSPS) is 20.1. The maximum absolute atomic E-state index is 14.3. The van der Waals surface area contributed by atoms with E-state index < -0.39 is 17.0 Å². The molecular weight excluding hydrogens is 372 g/mol. The van der Waals surface area contributed by atoms with E-state index in [2.05, 4.69) is 5.32 Å². The molecule has 1 saturated heterocycles. The molecule has 2 atom stereocenters. The van der Waals surface area contributed by atoms with Crippen LogP contribution in [0.1, 0.15) is 45.1 Å². The summed E-state index contributed by atoms with van der Waals surface area (Å²) in [5.41, 5.74) is -0.0786. The summed E-state index contributed by atoms with van der Waals surface area (Å²) in [5, 5.41) is 2.06. The third-order valence-electron chi connectivity index (χ3n) is 4.24. The van der Waals surface area contributed by atoms with E-state index in [1.807, 2.05) is 27.7 Å². The SMILES string of the molecule is CCC1SC(c2ccc(F)cc2F)N(CCN(C)C(=O)NC(C)(C)C)C1=O. The number of thioether (sulfide) groups is 1. The second kappa shape index (κ2) is 8.46. The molecule has 5 nitrogen and oxygen atoms in total. The van der Waals surface area contributed by atoms with Gasteiger partial charge in [0, 0.05) is 37.3 Å². The molecule has 2 rings (SSSR count). The molecule has 2 unspecified atom stereocenters. The van der Waals surface area contributed by atoms with Gasteiger partial charge in [-0.2, -0.15) is 0 Å². The molecule has 0 spiro atoms. The van der Waals surface area contributed by atoms with Gasteiger partial charge < -0.3 is 15.1 Å². The number of halogens is 2. The van der Waals surface area contributed by atoms with Gasteiger partial charge in [-0.3, -0.25) is 4.79 Å². The molecular formula is C19H27F2N3O2S. The van der Waals surface area contributed by atoms with E-state index in [0.717, 1.165) is 6.07 Å². The molecule has 0 aromatic heterocycles. The molecule has 0 aliphatic carbocycles. The Hall–Kier alpha value is -1.83. The van der Waals surface area contributed by atoms with Gasteiger partial charge in [-0.05, 0) is 33.3 Å². The van der Waals surface area contributed by atoms with Crippen molar-refractivity contribution in [1.29, 1.82) is 0 Å².